The van der Waals surface area contributed by atoms with Gasteiger partial charge < -0.3 is 29.4 Å². The van der Waals surface area contributed by atoms with E-state index in [4.69, 9.17) is 9.47 Å². The number of aliphatic hydroxyl groups is 1. The lowest BCUT2D eigenvalue weighted by Crippen LogP contribution is -2.32. The number of aryl methyl sites for hydroxylation is 1. The van der Waals surface area contributed by atoms with Gasteiger partial charge in [-0.1, -0.05) is 12.1 Å². The van der Waals surface area contributed by atoms with Gasteiger partial charge in [-0.25, -0.2) is 9.59 Å². The Hall–Kier alpha value is -3.92. The molecule has 0 saturated carbocycles. The van der Waals surface area contributed by atoms with Gasteiger partial charge in [0.15, 0.2) is 0 Å². The Morgan fingerprint density at radius 3 is 2.32 bits per heavy atom. The van der Waals surface area contributed by atoms with Crippen molar-refractivity contribution >= 4 is 29.4 Å². The van der Waals surface area contributed by atoms with E-state index in [1.165, 1.54) is 12.0 Å². The summed E-state index contributed by atoms with van der Waals surface area (Å²) in [6, 6.07) is 5.49. The molecule has 2 N–H and O–H groups in total. The lowest BCUT2D eigenvalue weighted by Gasteiger charge is -2.26. The Morgan fingerprint density at radius 1 is 1.11 bits per heavy atom. The van der Waals surface area contributed by atoms with Gasteiger partial charge in [0.25, 0.3) is 11.7 Å². The molecule has 0 bridgehead atoms. The summed E-state index contributed by atoms with van der Waals surface area (Å²) in [6.45, 7) is 6.14. The van der Waals surface area contributed by atoms with E-state index < -0.39 is 29.7 Å². The van der Waals surface area contributed by atoms with Crippen LogP contribution in [0.5, 0.6) is 0 Å². The van der Waals surface area contributed by atoms with Crippen LogP contribution in [-0.4, -0.2) is 84.4 Å². The largest absolute Gasteiger partial charge is 0.507 e. The molecule has 1 aromatic heterocycles. The zero-order valence-corrected chi connectivity index (χ0v) is 22.0. The van der Waals surface area contributed by atoms with Crippen molar-refractivity contribution < 1.29 is 33.8 Å². The number of carbonyl (C=O) groups excluding carboxylic acids is 4. The SMILES string of the molecule is CCOC(=O)c1[nH]c(C)c(C(O)=C2C(=O)C(=O)N(CCCN(C)C)[C@@H]2c2ccc(C(=O)OC)cc2)c1C. The van der Waals surface area contributed by atoms with Crippen molar-refractivity contribution in [2.24, 2.45) is 0 Å². The number of H-pyrrole nitrogens is 1. The Kier molecular flexibility index (Phi) is 8.54. The van der Waals surface area contributed by atoms with E-state index in [9.17, 15) is 24.3 Å². The number of aromatic amines is 1. The fourth-order valence-corrected chi connectivity index (χ4v) is 4.58. The predicted octanol–water partition coefficient (Wildman–Crippen LogP) is 2.97. The van der Waals surface area contributed by atoms with Crippen LogP contribution in [0.4, 0.5) is 0 Å². The molecule has 1 fully saturated rings. The van der Waals surface area contributed by atoms with E-state index in [-0.39, 0.29) is 35.7 Å². The second kappa shape index (κ2) is 11.4. The number of methoxy groups -OCH3 is 1. The topological polar surface area (TPSA) is 129 Å². The van der Waals surface area contributed by atoms with Crippen LogP contribution in [0.25, 0.3) is 5.76 Å². The molecule has 0 radical (unpaired) electrons. The Morgan fingerprint density at radius 2 is 1.76 bits per heavy atom. The maximum Gasteiger partial charge on any atom is 0.355 e. The molecule has 0 spiro atoms. The van der Waals surface area contributed by atoms with Crippen LogP contribution in [0.2, 0.25) is 0 Å². The standard InChI is InChI=1S/C27H33N3O7/c1-7-37-27(35)21-15(2)19(16(3)28-21)23(31)20-22(17-9-11-18(12-10-17)26(34)36-6)30(25(33)24(20)32)14-8-13-29(4)5/h9-12,22,28,31H,7-8,13-14H2,1-6H3/t22-/m1/s1. The first-order valence-corrected chi connectivity index (χ1v) is 12.0. The number of Topliss-reactive ketones (excluding diaryl/α,β-unsaturated/α-hetero) is 1. The van der Waals surface area contributed by atoms with E-state index in [1.54, 1.807) is 45.0 Å². The minimum Gasteiger partial charge on any atom is -0.507 e. The number of hydrogen-bond donors (Lipinski definition) is 2. The molecule has 198 valence electrons. The predicted molar refractivity (Wildman–Crippen MR) is 136 cm³/mol. The molecule has 3 rings (SSSR count). The number of hydrogen-bond acceptors (Lipinski definition) is 8. The molecule has 1 saturated heterocycles. The van der Waals surface area contributed by atoms with E-state index >= 15 is 0 Å². The first-order chi connectivity index (χ1) is 17.5. The number of aromatic nitrogens is 1. The van der Waals surface area contributed by atoms with E-state index in [1.807, 2.05) is 19.0 Å². The van der Waals surface area contributed by atoms with Crippen LogP contribution in [0.15, 0.2) is 29.8 Å². The van der Waals surface area contributed by atoms with Gasteiger partial charge in [0.2, 0.25) is 0 Å². The number of nitrogens with zero attached hydrogens (tertiary/aromatic N) is 2. The highest BCUT2D eigenvalue weighted by atomic mass is 16.5. The summed E-state index contributed by atoms with van der Waals surface area (Å²) in [5, 5.41) is 11.5. The third kappa shape index (κ3) is 5.43. The molecule has 10 heteroatoms. The highest BCUT2D eigenvalue weighted by molar-refractivity contribution is 6.46. The summed E-state index contributed by atoms with van der Waals surface area (Å²) in [5.74, 6) is -3.02. The number of rotatable bonds is 9. The van der Waals surface area contributed by atoms with Crippen LogP contribution in [0.3, 0.4) is 0 Å². The maximum atomic E-state index is 13.3. The molecular formula is C27H33N3O7. The highest BCUT2D eigenvalue weighted by Crippen LogP contribution is 2.41. The minimum absolute atomic E-state index is 0.0821. The molecule has 0 unspecified atom stereocenters. The third-order valence-corrected chi connectivity index (χ3v) is 6.35. The zero-order valence-electron chi connectivity index (χ0n) is 22.0. The molecule has 0 aliphatic carbocycles. The lowest BCUT2D eigenvalue weighted by atomic mass is 9.93. The van der Waals surface area contributed by atoms with Gasteiger partial charge in [-0.15, -0.1) is 0 Å². The number of amides is 1. The van der Waals surface area contributed by atoms with Gasteiger partial charge in [-0.3, -0.25) is 9.59 Å². The van der Waals surface area contributed by atoms with E-state index in [2.05, 4.69) is 4.98 Å². The lowest BCUT2D eigenvalue weighted by molar-refractivity contribution is -0.139. The summed E-state index contributed by atoms with van der Waals surface area (Å²) in [6.07, 6.45) is 0.603. The molecule has 1 aliphatic heterocycles. The average Bonchev–Trinajstić information content (AvgIpc) is 3.30. The van der Waals surface area contributed by atoms with Crippen LogP contribution in [0.1, 0.15) is 62.6 Å². The molecule has 2 heterocycles. The smallest absolute Gasteiger partial charge is 0.355 e. The van der Waals surface area contributed by atoms with Crippen molar-refractivity contribution in [2.75, 3.05) is 40.9 Å². The first kappa shape index (κ1) is 27.7. The Bertz CT molecular complexity index is 1240. The fourth-order valence-electron chi connectivity index (χ4n) is 4.58. The van der Waals surface area contributed by atoms with Gasteiger partial charge in [-0.05, 0) is 71.1 Å². The number of ketones is 1. The number of benzene rings is 1. The van der Waals surface area contributed by atoms with Crippen LogP contribution in [-0.2, 0) is 19.1 Å². The third-order valence-electron chi connectivity index (χ3n) is 6.35. The van der Waals surface area contributed by atoms with Crippen molar-refractivity contribution in [3.05, 3.63) is 63.5 Å². The number of carbonyl (C=O) groups is 4. The molecule has 2 aromatic rings. The van der Waals surface area contributed by atoms with Crippen LogP contribution >= 0.6 is 0 Å². The molecular weight excluding hydrogens is 478 g/mol. The van der Waals surface area contributed by atoms with Crippen molar-refractivity contribution in [1.29, 1.82) is 0 Å². The molecule has 1 aromatic carbocycles. The summed E-state index contributed by atoms with van der Waals surface area (Å²) >= 11 is 0. The quantitative estimate of drug-likeness (QED) is 0.228. The fraction of sp³-hybridized carbons (Fsp3) is 0.407. The number of likely N-dealkylation sites (tertiary alicyclic amines) is 1. The number of aliphatic hydroxyl groups excluding tert-OH is 1. The van der Waals surface area contributed by atoms with Crippen molar-refractivity contribution in [1.82, 2.24) is 14.8 Å². The second-order valence-corrected chi connectivity index (χ2v) is 9.11. The molecule has 10 nitrogen and oxygen atoms in total. The van der Waals surface area contributed by atoms with Gasteiger partial charge in [0.05, 0.1) is 30.9 Å². The highest BCUT2D eigenvalue weighted by Gasteiger charge is 2.46. The van der Waals surface area contributed by atoms with Gasteiger partial charge in [0, 0.05) is 17.8 Å². The molecule has 1 atom stereocenters. The molecule has 1 amide bonds. The number of esters is 2. The normalized spacial score (nSPS) is 16.9. The van der Waals surface area contributed by atoms with Crippen molar-refractivity contribution in [2.45, 2.75) is 33.2 Å². The Labute approximate surface area is 215 Å². The number of nitrogens with one attached hydrogen (secondary N) is 1. The van der Waals surface area contributed by atoms with Crippen LogP contribution in [0, 0.1) is 13.8 Å². The maximum absolute atomic E-state index is 13.3. The van der Waals surface area contributed by atoms with Gasteiger partial charge >= 0.3 is 11.9 Å². The monoisotopic (exact) mass is 511 g/mol. The summed E-state index contributed by atoms with van der Waals surface area (Å²) in [5.41, 5.74) is 2.08. The zero-order chi connectivity index (χ0) is 27.4. The van der Waals surface area contributed by atoms with E-state index in [0.717, 1.165) is 0 Å². The van der Waals surface area contributed by atoms with Crippen molar-refractivity contribution in [3.63, 3.8) is 0 Å². The van der Waals surface area contributed by atoms with E-state index in [0.29, 0.717) is 35.3 Å². The summed E-state index contributed by atoms with van der Waals surface area (Å²) in [4.78, 5) is 57.1. The molecule has 1 aliphatic rings. The van der Waals surface area contributed by atoms with Crippen LogP contribution < -0.4 is 0 Å². The second-order valence-electron chi connectivity index (χ2n) is 9.11. The van der Waals surface area contributed by atoms with Gasteiger partial charge in [0.1, 0.15) is 11.5 Å². The molecule has 37 heavy (non-hydrogen) atoms. The van der Waals surface area contributed by atoms with Crippen molar-refractivity contribution in [3.8, 4) is 0 Å². The summed E-state index contributed by atoms with van der Waals surface area (Å²) in [7, 11) is 5.10. The number of ether oxygens (including phenoxy) is 2. The first-order valence-electron chi connectivity index (χ1n) is 12.0. The Balaban J connectivity index is 2.16. The summed E-state index contributed by atoms with van der Waals surface area (Å²) < 4.78 is 9.85. The minimum atomic E-state index is -0.881. The van der Waals surface area contributed by atoms with Gasteiger partial charge in [-0.2, -0.15) is 0 Å². The average molecular weight is 512 g/mol.